The summed E-state index contributed by atoms with van der Waals surface area (Å²) in [5.41, 5.74) is 6.78. The van der Waals surface area contributed by atoms with Crippen molar-refractivity contribution in [1.82, 2.24) is 4.72 Å². The number of anilines is 1. The second-order valence-corrected chi connectivity index (χ2v) is 10.4. The number of ether oxygens (including phenoxy) is 2. The molecule has 3 N–H and O–H groups in total. The molecule has 2 aromatic rings. The van der Waals surface area contributed by atoms with E-state index in [1.165, 1.54) is 18.2 Å². The van der Waals surface area contributed by atoms with E-state index >= 15 is 0 Å². The van der Waals surface area contributed by atoms with Gasteiger partial charge in [0.25, 0.3) is 0 Å². The molecule has 0 spiro atoms. The molecule has 0 aromatic heterocycles. The Balaban J connectivity index is 2.18. The fraction of sp³-hybridized carbons (Fsp3) is 0.409. The summed E-state index contributed by atoms with van der Waals surface area (Å²) in [4.78, 5) is 12.2. The van der Waals surface area contributed by atoms with Crippen LogP contribution in [0, 0.1) is 5.82 Å². The summed E-state index contributed by atoms with van der Waals surface area (Å²) >= 11 is 1.56. The maximum atomic E-state index is 13.7. The van der Waals surface area contributed by atoms with Crippen LogP contribution in [0.5, 0.6) is 11.5 Å². The lowest BCUT2D eigenvalue weighted by Gasteiger charge is -2.20. The zero-order valence-corrected chi connectivity index (χ0v) is 18.6. The van der Waals surface area contributed by atoms with Crippen LogP contribution in [-0.2, 0) is 11.3 Å². The second-order valence-electron chi connectivity index (χ2n) is 8.64. The lowest BCUT2D eigenvalue weighted by atomic mass is 10.1. The molecule has 0 aliphatic heterocycles. The standard InChI is InChI=1S/C22H29FN2O3S/c1-21(2,3)28-20(26)14-7-9-19(17(24)12-14)27-18-10-8-16(23)11-15(18)13-25-29-22(4,5)6/h7-12,25H,13,24H2,1-6H3. The molecule has 158 valence electrons. The molecule has 2 aromatic carbocycles. The third kappa shape index (κ3) is 7.59. The lowest BCUT2D eigenvalue weighted by molar-refractivity contribution is 0.00695. The zero-order chi connectivity index (χ0) is 21.8. The van der Waals surface area contributed by atoms with Crippen molar-refractivity contribution in [2.75, 3.05) is 5.73 Å². The van der Waals surface area contributed by atoms with Crippen LogP contribution in [0.1, 0.15) is 57.5 Å². The summed E-state index contributed by atoms with van der Waals surface area (Å²) in [7, 11) is 0. The molecule has 0 heterocycles. The van der Waals surface area contributed by atoms with Gasteiger partial charge in [0.15, 0.2) is 0 Å². The molecule has 7 heteroatoms. The SMILES string of the molecule is CC(C)(C)OC(=O)c1ccc(Oc2ccc(F)cc2CNSC(C)(C)C)c(N)c1. The number of rotatable bonds is 6. The van der Waals surface area contributed by atoms with Gasteiger partial charge in [0.2, 0.25) is 0 Å². The highest BCUT2D eigenvalue weighted by molar-refractivity contribution is 7.98. The molecule has 2 rings (SSSR count). The highest BCUT2D eigenvalue weighted by atomic mass is 32.2. The maximum absolute atomic E-state index is 13.7. The van der Waals surface area contributed by atoms with Gasteiger partial charge in [0.1, 0.15) is 22.9 Å². The molecule has 5 nitrogen and oxygen atoms in total. The number of halogens is 1. The summed E-state index contributed by atoms with van der Waals surface area (Å²) < 4.78 is 28.3. The van der Waals surface area contributed by atoms with Crippen molar-refractivity contribution in [3.63, 3.8) is 0 Å². The van der Waals surface area contributed by atoms with Crippen LogP contribution in [0.25, 0.3) is 0 Å². The first kappa shape index (κ1) is 23.0. The maximum Gasteiger partial charge on any atom is 0.338 e. The normalized spacial score (nSPS) is 12.0. The summed E-state index contributed by atoms with van der Waals surface area (Å²) in [6, 6.07) is 9.04. The number of carbonyl (C=O) groups is 1. The van der Waals surface area contributed by atoms with Crippen LogP contribution in [0.4, 0.5) is 10.1 Å². The van der Waals surface area contributed by atoms with Crippen molar-refractivity contribution in [1.29, 1.82) is 0 Å². The van der Waals surface area contributed by atoms with Gasteiger partial charge < -0.3 is 15.2 Å². The minimum Gasteiger partial charge on any atom is -0.456 e. The number of nitrogen functional groups attached to an aromatic ring is 1. The number of hydrogen-bond donors (Lipinski definition) is 2. The van der Waals surface area contributed by atoms with E-state index < -0.39 is 11.6 Å². The van der Waals surface area contributed by atoms with E-state index in [1.54, 1.807) is 50.9 Å². The summed E-state index contributed by atoms with van der Waals surface area (Å²) in [5.74, 6) is 0.0727. The molecule has 0 saturated heterocycles. The predicted octanol–water partition coefficient (Wildman–Crippen LogP) is 5.69. The van der Waals surface area contributed by atoms with E-state index in [-0.39, 0.29) is 10.6 Å². The van der Waals surface area contributed by atoms with Gasteiger partial charge >= 0.3 is 5.97 Å². The van der Waals surface area contributed by atoms with Crippen LogP contribution in [-0.4, -0.2) is 16.3 Å². The van der Waals surface area contributed by atoms with Gasteiger partial charge in [-0.25, -0.2) is 9.18 Å². The van der Waals surface area contributed by atoms with E-state index in [9.17, 15) is 9.18 Å². The first-order chi connectivity index (χ1) is 13.3. The van der Waals surface area contributed by atoms with Gasteiger partial charge in [-0.05, 0) is 77.9 Å². The van der Waals surface area contributed by atoms with Crippen LogP contribution in [0.3, 0.4) is 0 Å². The number of carbonyl (C=O) groups excluding carboxylic acids is 1. The van der Waals surface area contributed by atoms with E-state index in [2.05, 4.69) is 25.5 Å². The Morgan fingerprint density at radius 1 is 1.07 bits per heavy atom. The minimum absolute atomic E-state index is 0.0241. The Kier molecular flexibility index (Phi) is 7.19. The molecular weight excluding hydrogens is 391 g/mol. The van der Waals surface area contributed by atoms with Gasteiger partial charge in [0.05, 0.1) is 11.3 Å². The number of nitrogens with one attached hydrogen (secondary N) is 1. The molecule has 29 heavy (non-hydrogen) atoms. The predicted molar refractivity (Wildman–Crippen MR) is 117 cm³/mol. The Morgan fingerprint density at radius 3 is 2.31 bits per heavy atom. The average molecular weight is 421 g/mol. The lowest BCUT2D eigenvalue weighted by Crippen LogP contribution is -2.23. The van der Waals surface area contributed by atoms with Gasteiger partial charge in [-0.3, -0.25) is 4.72 Å². The first-order valence-corrected chi connectivity index (χ1v) is 10.2. The van der Waals surface area contributed by atoms with Gasteiger partial charge in [-0.2, -0.15) is 0 Å². The Labute approximate surface area is 176 Å². The van der Waals surface area contributed by atoms with Crippen LogP contribution in [0.2, 0.25) is 0 Å². The summed E-state index contributed by atoms with van der Waals surface area (Å²) in [6.07, 6.45) is 0. The minimum atomic E-state index is -0.595. The average Bonchev–Trinajstić information content (AvgIpc) is 2.56. The third-order valence-corrected chi connectivity index (χ3v) is 4.43. The topological polar surface area (TPSA) is 73.6 Å². The van der Waals surface area contributed by atoms with Crippen molar-refractivity contribution < 1.29 is 18.7 Å². The molecule has 0 aliphatic carbocycles. The Hall–Kier alpha value is -2.25. The number of nitrogens with two attached hydrogens (primary N) is 1. The number of hydrogen-bond acceptors (Lipinski definition) is 6. The van der Waals surface area contributed by atoms with E-state index in [1.807, 2.05) is 0 Å². The van der Waals surface area contributed by atoms with Gasteiger partial charge in [-0.1, -0.05) is 11.9 Å². The highest BCUT2D eigenvalue weighted by Gasteiger charge is 2.19. The smallest absolute Gasteiger partial charge is 0.338 e. The van der Waals surface area contributed by atoms with E-state index in [0.717, 1.165) is 0 Å². The van der Waals surface area contributed by atoms with Gasteiger partial charge in [-0.15, -0.1) is 0 Å². The van der Waals surface area contributed by atoms with Crippen LogP contribution < -0.4 is 15.2 Å². The fourth-order valence-corrected chi connectivity index (χ4v) is 3.00. The molecule has 0 fully saturated rings. The molecule has 0 unspecified atom stereocenters. The quantitative estimate of drug-likeness (QED) is 0.355. The largest absolute Gasteiger partial charge is 0.456 e. The van der Waals surface area contributed by atoms with Crippen molar-refractivity contribution in [3.05, 3.63) is 53.3 Å². The van der Waals surface area contributed by atoms with Crippen LogP contribution >= 0.6 is 11.9 Å². The molecule has 0 bridgehead atoms. The summed E-state index contributed by atoms with van der Waals surface area (Å²) in [5, 5.41) is 0. The molecule has 0 atom stereocenters. The Morgan fingerprint density at radius 2 is 1.72 bits per heavy atom. The first-order valence-electron chi connectivity index (χ1n) is 9.34. The van der Waals surface area contributed by atoms with Gasteiger partial charge in [0, 0.05) is 16.9 Å². The number of benzene rings is 2. The summed E-state index contributed by atoms with van der Waals surface area (Å²) in [6.45, 7) is 12.1. The monoisotopic (exact) mass is 420 g/mol. The van der Waals surface area contributed by atoms with Crippen molar-refractivity contribution >= 4 is 23.6 Å². The molecule has 0 saturated carbocycles. The number of esters is 1. The third-order valence-electron chi connectivity index (χ3n) is 3.53. The molecule has 0 radical (unpaired) electrons. The highest BCUT2D eigenvalue weighted by Crippen LogP contribution is 2.32. The van der Waals surface area contributed by atoms with Crippen molar-refractivity contribution in [2.24, 2.45) is 0 Å². The van der Waals surface area contributed by atoms with E-state index in [4.69, 9.17) is 15.2 Å². The van der Waals surface area contributed by atoms with Crippen LogP contribution in [0.15, 0.2) is 36.4 Å². The second kappa shape index (κ2) is 9.05. The van der Waals surface area contributed by atoms with Crippen molar-refractivity contribution in [3.8, 4) is 11.5 Å². The fourth-order valence-electron chi connectivity index (χ4n) is 2.34. The van der Waals surface area contributed by atoms with E-state index in [0.29, 0.717) is 34.9 Å². The Bertz CT molecular complexity index is 873. The molecular formula is C22H29FN2O3S. The molecule has 0 amide bonds. The van der Waals surface area contributed by atoms with Crippen molar-refractivity contribution in [2.45, 2.75) is 58.4 Å². The molecule has 0 aliphatic rings. The zero-order valence-electron chi connectivity index (χ0n) is 17.8.